The summed E-state index contributed by atoms with van der Waals surface area (Å²) in [7, 11) is 0. The summed E-state index contributed by atoms with van der Waals surface area (Å²) in [5.41, 5.74) is 2.08. The number of hydrogen-bond donors (Lipinski definition) is 2. The number of piperazine rings is 1. The zero-order valence-corrected chi connectivity index (χ0v) is 15.8. The summed E-state index contributed by atoms with van der Waals surface area (Å²) in [6, 6.07) is 17.2. The number of para-hydroxylation sites is 1. The first kappa shape index (κ1) is 19.0. The first-order chi connectivity index (χ1) is 13.1. The van der Waals surface area contributed by atoms with Crippen LogP contribution in [0.5, 0.6) is 0 Å². The van der Waals surface area contributed by atoms with Crippen molar-refractivity contribution >= 4 is 29.2 Å². The molecule has 1 fully saturated rings. The Morgan fingerprint density at radius 1 is 0.926 bits per heavy atom. The molecule has 142 valence electrons. The van der Waals surface area contributed by atoms with Crippen LogP contribution >= 0.6 is 11.6 Å². The molecule has 7 heteroatoms. The normalized spacial score (nSPS) is 14.0. The van der Waals surface area contributed by atoms with E-state index in [2.05, 4.69) is 27.7 Å². The van der Waals surface area contributed by atoms with Crippen LogP contribution in [0.1, 0.15) is 5.56 Å². The van der Waals surface area contributed by atoms with Crippen LogP contribution in [0.4, 0.5) is 10.5 Å². The number of carbonyl (C=O) groups excluding carboxylic acids is 2. The van der Waals surface area contributed by atoms with Crippen LogP contribution in [0.25, 0.3) is 0 Å². The molecule has 0 saturated carbocycles. The highest BCUT2D eigenvalue weighted by atomic mass is 35.5. The Morgan fingerprint density at radius 2 is 1.67 bits per heavy atom. The number of amides is 3. The third-order valence-corrected chi connectivity index (χ3v) is 4.70. The van der Waals surface area contributed by atoms with Crippen LogP contribution in [-0.4, -0.2) is 49.6 Å². The molecule has 0 radical (unpaired) electrons. The van der Waals surface area contributed by atoms with Crippen molar-refractivity contribution in [2.45, 2.75) is 6.54 Å². The molecule has 6 nitrogen and oxygen atoms in total. The maximum atomic E-state index is 12.3. The van der Waals surface area contributed by atoms with Crippen LogP contribution < -0.4 is 15.5 Å². The molecule has 0 atom stereocenters. The fraction of sp³-hybridized carbons (Fsp3) is 0.300. The molecule has 27 heavy (non-hydrogen) atoms. The van der Waals surface area contributed by atoms with Crippen molar-refractivity contribution in [2.24, 2.45) is 0 Å². The molecular formula is C20H23ClN4O2. The zero-order chi connectivity index (χ0) is 19.1. The fourth-order valence-corrected chi connectivity index (χ4v) is 3.20. The predicted octanol–water partition coefficient (Wildman–Crippen LogP) is 2.49. The number of nitrogens with zero attached hydrogens (tertiary/aromatic N) is 2. The quantitative estimate of drug-likeness (QED) is 0.829. The summed E-state index contributed by atoms with van der Waals surface area (Å²) < 4.78 is 0. The fourth-order valence-electron chi connectivity index (χ4n) is 2.98. The van der Waals surface area contributed by atoms with E-state index in [4.69, 9.17) is 11.6 Å². The molecule has 1 aliphatic heterocycles. The number of hydrogen-bond acceptors (Lipinski definition) is 3. The molecule has 0 spiro atoms. The molecule has 3 amide bonds. The Balaban J connectivity index is 1.37. The highest BCUT2D eigenvalue weighted by molar-refractivity contribution is 6.30. The summed E-state index contributed by atoms with van der Waals surface area (Å²) in [6.45, 7) is 3.15. The standard InChI is InChI=1S/C20H23ClN4O2/c21-17-6-4-5-16(13-17)14-22-19(26)15-23-20(27)25-11-9-24(10-12-25)18-7-2-1-3-8-18/h1-8,13H,9-12,14-15H2,(H,22,26)(H,23,27). The monoisotopic (exact) mass is 386 g/mol. The second-order valence-corrected chi connectivity index (χ2v) is 6.81. The molecule has 1 saturated heterocycles. The average Bonchev–Trinajstić information content (AvgIpc) is 2.71. The van der Waals surface area contributed by atoms with Crippen LogP contribution in [0.2, 0.25) is 5.02 Å². The molecule has 0 bridgehead atoms. The molecule has 0 aliphatic carbocycles. The first-order valence-corrected chi connectivity index (χ1v) is 9.33. The molecule has 2 aromatic rings. The van der Waals surface area contributed by atoms with Gasteiger partial charge in [-0.1, -0.05) is 41.9 Å². The maximum absolute atomic E-state index is 12.3. The Kier molecular flexibility index (Phi) is 6.54. The summed E-state index contributed by atoms with van der Waals surface area (Å²) in [5, 5.41) is 6.09. The number of urea groups is 1. The molecule has 0 aromatic heterocycles. The lowest BCUT2D eigenvalue weighted by Gasteiger charge is -2.36. The average molecular weight is 387 g/mol. The van der Waals surface area contributed by atoms with Crippen LogP contribution in [0.3, 0.4) is 0 Å². The smallest absolute Gasteiger partial charge is 0.317 e. The molecule has 1 heterocycles. The van der Waals surface area contributed by atoms with Gasteiger partial charge in [0, 0.05) is 43.4 Å². The second-order valence-electron chi connectivity index (χ2n) is 6.38. The predicted molar refractivity (Wildman–Crippen MR) is 107 cm³/mol. The second kappa shape index (κ2) is 9.28. The van der Waals surface area contributed by atoms with Gasteiger partial charge in [-0.05, 0) is 29.8 Å². The third-order valence-electron chi connectivity index (χ3n) is 4.47. The summed E-state index contributed by atoms with van der Waals surface area (Å²) in [4.78, 5) is 28.2. The molecular weight excluding hydrogens is 364 g/mol. The van der Waals surface area contributed by atoms with Crippen molar-refractivity contribution in [3.8, 4) is 0 Å². The van der Waals surface area contributed by atoms with Crippen molar-refractivity contribution in [1.29, 1.82) is 0 Å². The molecule has 2 aromatic carbocycles. The van der Waals surface area contributed by atoms with E-state index in [1.165, 1.54) is 0 Å². The van der Waals surface area contributed by atoms with Crippen LogP contribution in [0.15, 0.2) is 54.6 Å². The number of halogens is 1. The van der Waals surface area contributed by atoms with E-state index in [0.717, 1.165) is 24.3 Å². The van der Waals surface area contributed by atoms with Crippen LogP contribution in [0, 0.1) is 0 Å². The Morgan fingerprint density at radius 3 is 2.37 bits per heavy atom. The molecule has 2 N–H and O–H groups in total. The molecule has 1 aliphatic rings. The van der Waals surface area contributed by atoms with E-state index in [-0.39, 0.29) is 18.5 Å². The summed E-state index contributed by atoms with van der Waals surface area (Å²) >= 11 is 5.92. The lowest BCUT2D eigenvalue weighted by molar-refractivity contribution is -0.120. The van der Waals surface area contributed by atoms with E-state index in [0.29, 0.717) is 24.7 Å². The Hall–Kier alpha value is -2.73. The minimum Gasteiger partial charge on any atom is -0.368 e. The minimum absolute atomic E-state index is 0.0434. The van der Waals surface area contributed by atoms with E-state index >= 15 is 0 Å². The topological polar surface area (TPSA) is 64.7 Å². The van der Waals surface area contributed by atoms with E-state index in [1.54, 1.807) is 17.0 Å². The Labute approximate surface area is 164 Å². The first-order valence-electron chi connectivity index (χ1n) is 8.96. The van der Waals surface area contributed by atoms with Gasteiger partial charge < -0.3 is 20.4 Å². The van der Waals surface area contributed by atoms with Crippen molar-refractivity contribution in [3.05, 3.63) is 65.2 Å². The molecule has 0 unspecified atom stereocenters. The number of anilines is 1. The zero-order valence-electron chi connectivity index (χ0n) is 15.0. The van der Waals surface area contributed by atoms with E-state index in [9.17, 15) is 9.59 Å². The van der Waals surface area contributed by atoms with E-state index in [1.807, 2.05) is 30.3 Å². The van der Waals surface area contributed by atoms with Gasteiger partial charge in [0.15, 0.2) is 0 Å². The van der Waals surface area contributed by atoms with E-state index < -0.39 is 0 Å². The van der Waals surface area contributed by atoms with Crippen molar-refractivity contribution in [2.75, 3.05) is 37.6 Å². The van der Waals surface area contributed by atoms with Crippen LogP contribution in [-0.2, 0) is 11.3 Å². The summed E-state index contributed by atoms with van der Waals surface area (Å²) in [5.74, 6) is -0.230. The number of benzene rings is 2. The lowest BCUT2D eigenvalue weighted by Crippen LogP contribution is -2.53. The van der Waals surface area contributed by atoms with Gasteiger partial charge in [0.2, 0.25) is 5.91 Å². The van der Waals surface area contributed by atoms with Crippen molar-refractivity contribution < 1.29 is 9.59 Å². The third kappa shape index (κ3) is 5.62. The number of carbonyl (C=O) groups is 2. The van der Waals surface area contributed by atoms with Gasteiger partial charge in [0.1, 0.15) is 0 Å². The minimum atomic E-state index is -0.230. The highest BCUT2D eigenvalue weighted by Crippen LogP contribution is 2.15. The number of rotatable bonds is 5. The molecule has 3 rings (SSSR count). The number of nitrogens with one attached hydrogen (secondary N) is 2. The van der Waals surface area contributed by atoms with Gasteiger partial charge in [0.05, 0.1) is 6.54 Å². The maximum Gasteiger partial charge on any atom is 0.317 e. The van der Waals surface area contributed by atoms with Gasteiger partial charge in [-0.3, -0.25) is 4.79 Å². The van der Waals surface area contributed by atoms with Gasteiger partial charge in [0.25, 0.3) is 0 Å². The van der Waals surface area contributed by atoms with Gasteiger partial charge in [-0.2, -0.15) is 0 Å². The van der Waals surface area contributed by atoms with Crippen molar-refractivity contribution in [3.63, 3.8) is 0 Å². The largest absolute Gasteiger partial charge is 0.368 e. The van der Waals surface area contributed by atoms with Crippen molar-refractivity contribution in [1.82, 2.24) is 15.5 Å². The lowest BCUT2D eigenvalue weighted by atomic mass is 10.2. The SMILES string of the molecule is O=C(CNC(=O)N1CCN(c2ccccc2)CC1)NCc1cccc(Cl)c1. The highest BCUT2D eigenvalue weighted by Gasteiger charge is 2.21. The van der Waals surface area contributed by atoms with Gasteiger partial charge >= 0.3 is 6.03 Å². The van der Waals surface area contributed by atoms with Gasteiger partial charge in [-0.25, -0.2) is 4.79 Å². The summed E-state index contributed by atoms with van der Waals surface area (Å²) in [6.07, 6.45) is 0. The van der Waals surface area contributed by atoms with Gasteiger partial charge in [-0.15, -0.1) is 0 Å². The Bertz CT molecular complexity index is 777.